The van der Waals surface area contributed by atoms with E-state index in [-0.39, 0.29) is 5.56 Å². The number of para-hydroxylation sites is 2. The van der Waals surface area contributed by atoms with Crippen molar-refractivity contribution >= 4 is 39.4 Å². The van der Waals surface area contributed by atoms with Crippen LogP contribution in [0.4, 0.5) is 0 Å². The Morgan fingerprint density at radius 3 is 2.70 bits per heavy atom. The van der Waals surface area contributed by atoms with Gasteiger partial charge in [-0.3, -0.25) is 4.98 Å². The highest BCUT2D eigenvalue weighted by Crippen LogP contribution is 2.23. The summed E-state index contributed by atoms with van der Waals surface area (Å²) in [6, 6.07) is 13.1. The Kier molecular flexibility index (Phi) is 4.49. The molecule has 0 fully saturated rings. The van der Waals surface area contributed by atoms with Gasteiger partial charge in [0.25, 0.3) is 5.65 Å². The van der Waals surface area contributed by atoms with Gasteiger partial charge in [0.2, 0.25) is 5.65 Å². The Labute approximate surface area is 170 Å². The lowest BCUT2D eigenvalue weighted by molar-refractivity contribution is -0.357. The van der Waals surface area contributed by atoms with Gasteiger partial charge in [-0.2, -0.15) is 0 Å². The van der Waals surface area contributed by atoms with Crippen LogP contribution in [0.15, 0.2) is 64.9 Å². The molecule has 1 N–H and O–H groups in total. The molecule has 4 aromatic heterocycles. The van der Waals surface area contributed by atoms with E-state index in [9.17, 15) is 4.79 Å². The highest BCUT2D eigenvalue weighted by Gasteiger charge is 2.24. The molecule has 4 heterocycles. The summed E-state index contributed by atoms with van der Waals surface area (Å²) >= 11 is 0. The molecule has 5 rings (SSSR count). The van der Waals surface area contributed by atoms with Crippen molar-refractivity contribution in [1.29, 1.82) is 0 Å². The quantitative estimate of drug-likeness (QED) is 0.418. The first-order valence-corrected chi connectivity index (χ1v) is 9.42. The fourth-order valence-electron chi connectivity index (χ4n) is 3.34. The van der Waals surface area contributed by atoms with Gasteiger partial charge in [-0.15, -0.1) is 9.78 Å². The maximum Gasteiger partial charge on any atom is 0.322 e. The average molecular weight is 400 g/mol. The molecule has 0 spiro atoms. The van der Waals surface area contributed by atoms with Crippen LogP contribution in [0.3, 0.4) is 0 Å². The zero-order valence-corrected chi connectivity index (χ0v) is 16.2. The predicted octanol–water partition coefficient (Wildman–Crippen LogP) is 1.64. The normalized spacial score (nSPS) is 11.9. The molecule has 0 aliphatic heterocycles. The van der Waals surface area contributed by atoms with E-state index in [4.69, 9.17) is 14.7 Å². The van der Waals surface area contributed by atoms with E-state index in [1.165, 1.54) is 0 Å². The van der Waals surface area contributed by atoms with Crippen LogP contribution in [0.2, 0.25) is 0 Å². The monoisotopic (exact) mass is 400 g/mol. The second kappa shape index (κ2) is 7.45. The first-order chi connectivity index (χ1) is 14.8. The van der Waals surface area contributed by atoms with E-state index >= 15 is 0 Å². The number of hydrogen-bond acceptors (Lipinski definition) is 6. The van der Waals surface area contributed by atoms with E-state index in [1.807, 2.05) is 42.5 Å². The largest absolute Gasteiger partial charge is 0.381 e. The third-order valence-corrected chi connectivity index (χ3v) is 4.80. The van der Waals surface area contributed by atoms with Gasteiger partial charge in [-0.25, -0.2) is 24.3 Å². The van der Waals surface area contributed by atoms with Gasteiger partial charge in [-0.1, -0.05) is 18.2 Å². The number of ether oxygens (including phenoxy) is 1. The number of methoxy groups -OCH3 is 1. The van der Waals surface area contributed by atoms with Gasteiger partial charge in [0.15, 0.2) is 11.7 Å². The summed E-state index contributed by atoms with van der Waals surface area (Å²) in [5, 5.41) is 4.99. The number of fused-ring (bicyclic) bond motifs is 4. The van der Waals surface area contributed by atoms with E-state index in [2.05, 4.69) is 15.1 Å². The van der Waals surface area contributed by atoms with Gasteiger partial charge in [0, 0.05) is 13.3 Å². The Morgan fingerprint density at radius 1 is 1.13 bits per heavy atom. The summed E-state index contributed by atoms with van der Waals surface area (Å²) < 4.78 is 8.28. The molecule has 0 aliphatic carbocycles. The van der Waals surface area contributed by atoms with Crippen molar-refractivity contribution in [3.8, 4) is 0 Å². The van der Waals surface area contributed by atoms with Crippen LogP contribution in [0, 0.1) is 0 Å². The molecular formula is C21H18N7O2+. The standard InChI is InChI=1S/C21H17N7O2/c1-30-11-10-27-13-23-19-17(21(27)29)18-20(26-16-8-3-2-7-15(16)25-18)28(19)24-12-14-6-4-5-9-22-14/h2-9,12-13H,10-11H2,1H3/p+1/b24-12+. The van der Waals surface area contributed by atoms with E-state index in [0.29, 0.717) is 46.6 Å². The number of H-pyrrole nitrogens is 1. The lowest BCUT2D eigenvalue weighted by Crippen LogP contribution is -2.28. The van der Waals surface area contributed by atoms with Gasteiger partial charge < -0.3 is 4.74 Å². The molecule has 0 amide bonds. The van der Waals surface area contributed by atoms with Crippen LogP contribution >= 0.6 is 0 Å². The van der Waals surface area contributed by atoms with Crippen molar-refractivity contribution in [3.63, 3.8) is 0 Å². The van der Waals surface area contributed by atoms with Crippen molar-refractivity contribution in [2.24, 2.45) is 5.10 Å². The Balaban J connectivity index is 1.82. The molecule has 0 unspecified atom stereocenters. The Hall–Kier alpha value is -3.98. The predicted molar refractivity (Wildman–Crippen MR) is 112 cm³/mol. The molecule has 5 aromatic rings. The maximum absolute atomic E-state index is 13.2. The lowest BCUT2D eigenvalue weighted by atomic mass is 10.3. The minimum Gasteiger partial charge on any atom is -0.381 e. The second-order valence-electron chi connectivity index (χ2n) is 6.68. The number of nitrogens with one attached hydrogen (secondary N) is 1. The zero-order valence-electron chi connectivity index (χ0n) is 16.2. The van der Waals surface area contributed by atoms with Crippen LogP contribution < -0.4 is 10.5 Å². The van der Waals surface area contributed by atoms with Crippen LogP contribution in [-0.2, 0) is 11.3 Å². The summed E-state index contributed by atoms with van der Waals surface area (Å²) in [6.45, 7) is 0.844. The molecular weight excluding hydrogens is 382 g/mol. The van der Waals surface area contributed by atoms with Crippen molar-refractivity contribution < 1.29 is 9.72 Å². The first-order valence-electron chi connectivity index (χ1n) is 9.42. The van der Waals surface area contributed by atoms with Gasteiger partial charge in [0.1, 0.15) is 5.52 Å². The topological polar surface area (TPSA) is 101 Å². The minimum absolute atomic E-state index is 0.179. The average Bonchev–Trinajstić information content (AvgIpc) is 3.09. The Bertz CT molecular complexity index is 1460. The van der Waals surface area contributed by atoms with Crippen molar-refractivity contribution in [1.82, 2.24) is 24.2 Å². The van der Waals surface area contributed by atoms with Gasteiger partial charge in [0.05, 0.1) is 36.1 Å². The minimum atomic E-state index is -0.179. The van der Waals surface area contributed by atoms with E-state index < -0.39 is 0 Å². The molecule has 9 heteroatoms. The molecule has 9 nitrogen and oxygen atoms in total. The van der Waals surface area contributed by atoms with Crippen molar-refractivity contribution in [3.05, 3.63) is 71.0 Å². The molecule has 0 saturated heterocycles. The summed E-state index contributed by atoms with van der Waals surface area (Å²) in [5.41, 5.74) is 3.46. The van der Waals surface area contributed by atoms with Crippen LogP contribution in [0.25, 0.3) is 33.2 Å². The summed E-state index contributed by atoms with van der Waals surface area (Å²) in [6.07, 6.45) is 4.94. The van der Waals surface area contributed by atoms with Crippen molar-refractivity contribution in [2.75, 3.05) is 13.7 Å². The summed E-state index contributed by atoms with van der Waals surface area (Å²) in [7, 11) is 1.60. The lowest BCUT2D eigenvalue weighted by Gasteiger charge is -1.99. The zero-order chi connectivity index (χ0) is 20.5. The Morgan fingerprint density at radius 2 is 1.93 bits per heavy atom. The number of rotatable bonds is 5. The van der Waals surface area contributed by atoms with E-state index in [1.54, 1.807) is 35.1 Å². The number of pyridine rings is 1. The molecule has 30 heavy (non-hydrogen) atoms. The number of hydrogen-bond donors (Lipinski definition) is 0. The molecule has 0 bridgehead atoms. The fourth-order valence-corrected chi connectivity index (χ4v) is 3.34. The fraction of sp³-hybridized carbons (Fsp3) is 0.143. The molecule has 148 valence electrons. The van der Waals surface area contributed by atoms with Crippen LogP contribution in [0.5, 0.6) is 0 Å². The highest BCUT2D eigenvalue weighted by molar-refractivity contribution is 6.03. The summed E-state index contributed by atoms with van der Waals surface area (Å²) in [5.74, 6) is 0. The number of nitrogens with zero attached hydrogens (tertiary/aromatic N) is 6. The smallest absolute Gasteiger partial charge is 0.322 e. The van der Waals surface area contributed by atoms with E-state index in [0.717, 1.165) is 5.52 Å². The maximum atomic E-state index is 13.2. The molecule has 0 aliphatic rings. The van der Waals surface area contributed by atoms with Crippen LogP contribution in [-0.4, -0.2) is 44.1 Å². The molecule has 0 radical (unpaired) electrons. The summed E-state index contributed by atoms with van der Waals surface area (Å²) in [4.78, 5) is 30.1. The molecule has 1 aromatic carbocycles. The number of benzene rings is 1. The molecule has 0 atom stereocenters. The van der Waals surface area contributed by atoms with Gasteiger partial charge in [-0.05, 0) is 24.3 Å². The van der Waals surface area contributed by atoms with Crippen molar-refractivity contribution in [2.45, 2.75) is 6.54 Å². The third-order valence-electron chi connectivity index (χ3n) is 4.80. The second-order valence-corrected chi connectivity index (χ2v) is 6.68. The number of aromatic amines is 1. The van der Waals surface area contributed by atoms with Crippen LogP contribution in [0.1, 0.15) is 5.69 Å². The van der Waals surface area contributed by atoms with Gasteiger partial charge >= 0.3 is 5.56 Å². The highest BCUT2D eigenvalue weighted by atomic mass is 16.5. The molecule has 0 saturated carbocycles. The first kappa shape index (κ1) is 18.1. The SMILES string of the molecule is COCCn1c[nH+]c2c(c1=O)c1nc3ccccc3nc1n2/N=C/c1ccccn1. The number of aromatic nitrogens is 6. The third kappa shape index (κ3) is 3.01.